The van der Waals surface area contributed by atoms with Gasteiger partial charge in [-0.1, -0.05) is 35.9 Å². The minimum atomic E-state index is -3.47. The number of rotatable bonds is 8. The van der Waals surface area contributed by atoms with Crippen LogP contribution in [0.5, 0.6) is 11.5 Å². The number of ether oxygens (including phenoxy) is 2. The lowest BCUT2D eigenvalue weighted by molar-refractivity contribution is 0.310. The van der Waals surface area contributed by atoms with Crippen molar-refractivity contribution in [2.24, 2.45) is 0 Å². The second-order valence-corrected chi connectivity index (χ2v) is 10.4. The lowest BCUT2D eigenvalue weighted by atomic mass is 10.1. The summed E-state index contributed by atoms with van der Waals surface area (Å²) in [6.45, 7) is 2.24. The van der Waals surface area contributed by atoms with Crippen LogP contribution in [0.15, 0.2) is 59.5 Å². The number of aromatic nitrogens is 3. The van der Waals surface area contributed by atoms with Gasteiger partial charge in [-0.3, -0.25) is 4.57 Å². The number of H-pyrrole nitrogens is 1. The molecule has 0 saturated carbocycles. The molecule has 8 nitrogen and oxygen atoms in total. The summed E-state index contributed by atoms with van der Waals surface area (Å²) in [5, 5.41) is 0.557. The largest absolute Gasteiger partial charge is 0.493 e. The smallest absolute Gasteiger partial charge is 0.328 e. The van der Waals surface area contributed by atoms with Crippen molar-refractivity contribution in [3.63, 3.8) is 0 Å². The first-order valence-corrected chi connectivity index (χ1v) is 13.0. The van der Waals surface area contributed by atoms with Crippen LogP contribution in [0.4, 0.5) is 0 Å². The van der Waals surface area contributed by atoms with Crippen molar-refractivity contribution in [2.75, 3.05) is 25.7 Å². The number of halogens is 1. The van der Waals surface area contributed by atoms with Crippen molar-refractivity contribution < 1.29 is 17.9 Å². The van der Waals surface area contributed by atoms with Gasteiger partial charge in [0.25, 0.3) is 0 Å². The van der Waals surface area contributed by atoms with Crippen LogP contribution in [0, 0.1) is 0 Å². The summed E-state index contributed by atoms with van der Waals surface area (Å²) in [6, 6.07) is 13.4. The quantitative estimate of drug-likeness (QED) is 0.390. The molecule has 0 spiro atoms. The maximum atomic E-state index is 13.1. The molecule has 0 radical (unpaired) electrons. The zero-order valence-corrected chi connectivity index (χ0v) is 20.5. The van der Waals surface area contributed by atoms with Crippen LogP contribution in [0.2, 0.25) is 5.02 Å². The van der Waals surface area contributed by atoms with Crippen LogP contribution < -0.4 is 15.2 Å². The summed E-state index contributed by atoms with van der Waals surface area (Å²) in [4.78, 5) is 20.4. The third-order valence-corrected chi connectivity index (χ3v) is 6.64. The zero-order chi connectivity index (χ0) is 24.5. The minimum absolute atomic E-state index is 0.300. The first-order valence-electron chi connectivity index (χ1n) is 10.6. The number of nitrogens with zero attached hydrogens (tertiary/aromatic N) is 2. The Labute approximate surface area is 202 Å². The van der Waals surface area contributed by atoms with E-state index < -0.39 is 21.6 Å². The van der Waals surface area contributed by atoms with Gasteiger partial charge in [0.2, 0.25) is 0 Å². The van der Waals surface area contributed by atoms with Crippen LogP contribution in [-0.2, 0) is 9.84 Å². The maximum absolute atomic E-state index is 13.1. The van der Waals surface area contributed by atoms with Crippen LogP contribution in [0.3, 0.4) is 0 Å². The summed E-state index contributed by atoms with van der Waals surface area (Å²) in [5.41, 5.74) is 2.42. The molecule has 0 aliphatic carbocycles. The van der Waals surface area contributed by atoms with E-state index in [0.717, 1.165) is 17.4 Å². The number of imidazole rings is 1. The van der Waals surface area contributed by atoms with E-state index in [-0.39, 0.29) is 5.75 Å². The molecule has 0 bridgehead atoms. The van der Waals surface area contributed by atoms with Crippen molar-refractivity contribution in [3.8, 4) is 22.6 Å². The highest BCUT2D eigenvalue weighted by Crippen LogP contribution is 2.33. The molecule has 1 atom stereocenters. The Bertz CT molecular complexity index is 1510. The number of hydrogen-bond acceptors (Lipinski definition) is 6. The van der Waals surface area contributed by atoms with E-state index >= 15 is 0 Å². The first-order chi connectivity index (χ1) is 16.2. The fraction of sp³-hybridized carbons (Fsp3) is 0.250. The lowest BCUT2D eigenvalue weighted by Gasteiger charge is -2.20. The molecule has 0 aliphatic rings. The molecule has 2 aromatic carbocycles. The number of fused-ring (bicyclic) bond motifs is 1. The molecule has 2 heterocycles. The SMILES string of the molecule is CCOc1cc(C(CS(C)(=O)=O)n2c(=O)[nH]c3cc(-c4ccccc4Cl)cnc32)ccc1OC. The van der Waals surface area contributed by atoms with Gasteiger partial charge in [0.1, 0.15) is 9.84 Å². The van der Waals surface area contributed by atoms with Crippen molar-refractivity contribution in [3.05, 3.63) is 75.8 Å². The number of sulfone groups is 1. The fourth-order valence-electron chi connectivity index (χ4n) is 3.92. The second kappa shape index (κ2) is 9.52. The number of benzene rings is 2. The van der Waals surface area contributed by atoms with E-state index in [1.54, 1.807) is 36.5 Å². The van der Waals surface area contributed by atoms with Crippen molar-refractivity contribution in [1.82, 2.24) is 14.5 Å². The molecule has 1 unspecified atom stereocenters. The summed E-state index contributed by atoms with van der Waals surface area (Å²) in [5.74, 6) is 0.673. The number of aromatic amines is 1. The predicted octanol–water partition coefficient (Wildman–Crippen LogP) is 4.09. The predicted molar refractivity (Wildman–Crippen MR) is 133 cm³/mol. The number of nitrogens with one attached hydrogen (secondary N) is 1. The number of pyridine rings is 1. The summed E-state index contributed by atoms with van der Waals surface area (Å²) < 4.78 is 37.1. The standard InChI is InChI=1S/C24H24ClN3O5S/c1-4-33-22-12-15(9-10-21(22)32-2)20(14-34(3,30)31)28-23-19(27-24(28)29)11-16(13-26-23)17-7-5-6-8-18(17)25/h5-13,20H,4,14H2,1-3H3,(H,27,29). The molecule has 10 heteroatoms. The monoisotopic (exact) mass is 501 g/mol. The van der Waals surface area contributed by atoms with Crippen molar-refractivity contribution in [1.29, 1.82) is 0 Å². The Hall–Kier alpha value is -3.30. The third kappa shape index (κ3) is 4.80. The summed E-state index contributed by atoms with van der Waals surface area (Å²) >= 11 is 6.32. The molecule has 0 amide bonds. The highest BCUT2D eigenvalue weighted by molar-refractivity contribution is 7.90. The molecule has 4 rings (SSSR count). The molecule has 0 fully saturated rings. The summed E-state index contributed by atoms with van der Waals surface area (Å²) in [6.07, 6.45) is 2.75. The van der Waals surface area contributed by atoms with Gasteiger partial charge < -0.3 is 14.5 Å². The van der Waals surface area contributed by atoms with Gasteiger partial charge in [0, 0.05) is 28.6 Å². The molecule has 1 N–H and O–H groups in total. The Morgan fingerprint density at radius 2 is 1.91 bits per heavy atom. The van der Waals surface area contributed by atoms with E-state index in [9.17, 15) is 13.2 Å². The number of methoxy groups -OCH3 is 1. The average molecular weight is 502 g/mol. The molecule has 178 valence electrons. The van der Waals surface area contributed by atoms with Crippen LogP contribution in [0.1, 0.15) is 18.5 Å². The Balaban J connectivity index is 1.89. The van der Waals surface area contributed by atoms with E-state index in [0.29, 0.717) is 39.9 Å². The lowest BCUT2D eigenvalue weighted by Crippen LogP contribution is -2.28. The van der Waals surface area contributed by atoms with Gasteiger partial charge >= 0.3 is 5.69 Å². The van der Waals surface area contributed by atoms with E-state index in [1.807, 2.05) is 25.1 Å². The summed E-state index contributed by atoms with van der Waals surface area (Å²) in [7, 11) is -1.95. The van der Waals surface area contributed by atoms with Crippen LogP contribution in [0.25, 0.3) is 22.3 Å². The van der Waals surface area contributed by atoms with Crippen LogP contribution >= 0.6 is 11.6 Å². The van der Waals surface area contributed by atoms with Gasteiger partial charge in [-0.25, -0.2) is 18.2 Å². The second-order valence-electron chi connectivity index (χ2n) is 7.83. The highest BCUT2D eigenvalue weighted by Gasteiger charge is 2.25. The van der Waals surface area contributed by atoms with E-state index in [4.69, 9.17) is 21.1 Å². The Morgan fingerprint density at radius 1 is 1.15 bits per heavy atom. The Kier molecular flexibility index (Phi) is 6.67. The molecule has 0 aliphatic heterocycles. The highest BCUT2D eigenvalue weighted by atomic mass is 35.5. The first kappa shape index (κ1) is 23.8. The maximum Gasteiger partial charge on any atom is 0.328 e. The van der Waals surface area contributed by atoms with Gasteiger partial charge in [-0.05, 0) is 36.8 Å². The van der Waals surface area contributed by atoms with Gasteiger partial charge in [0.15, 0.2) is 17.1 Å². The van der Waals surface area contributed by atoms with E-state index in [2.05, 4.69) is 9.97 Å². The van der Waals surface area contributed by atoms with Gasteiger partial charge in [-0.2, -0.15) is 0 Å². The molecule has 34 heavy (non-hydrogen) atoms. The number of hydrogen-bond donors (Lipinski definition) is 1. The fourth-order valence-corrected chi connectivity index (χ4v) is 5.08. The van der Waals surface area contributed by atoms with E-state index in [1.165, 1.54) is 11.7 Å². The molecular formula is C24H24ClN3O5S. The van der Waals surface area contributed by atoms with Crippen LogP contribution in [-0.4, -0.2) is 48.7 Å². The van der Waals surface area contributed by atoms with Gasteiger partial charge in [-0.15, -0.1) is 0 Å². The minimum Gasteiger partial charge on any atom is -0.493 e. The third-order valence-electron chi connectivity index (χ3n) is 5.38. The van der Waals surface area contributed by atoms with Crippen molar-refractivity contribution >= 4 is 32.6 Å². The Morgan fingerprint density at radius 3 is 2.59 bits per heavy atom. The van der Waals surface area contributed by atoms with Crippen molar-refractivity contribution in [2.45, 2.75) is 13.0 Å². The molecular weight excluding hydrogens is 478 g/mol. The normalized spacial score (nSPS) is 12.6. The molecule has 2 aromatic heterocycles. The van der Waals surface area contributed by atoms with Gasteiger partial charge in [0.05, 0.1) is 31.0 Å². The molecule has 0 saturated heterocycles. The average Bonchev–Trinajstić information content (AvgIpc) is 3.12. The zero-order valence-electron chi connectivity index (χ0n) is 18.9. The topological polar surface area (TPSA) is 103 Å². The molecule has 4 aromatic rings.